The average molecular weight is 362 g/mol. The topological polar surface area (TPSA) is 80.5 Å². The second kappa shape index (κ2) is 5.25. The van der Waals surface area contributed by atoms with Crippen molar-refractivity contribution < 1.29 is 14.5 Å². The monoisotopic (exact) mass is 362 g/mol. The van der Waals surface area contributed by atoms with Crippen molar-refractivity contribution in [2.45, 2.75) is 19.8 Å². The van der Waals surface area contributed by atoms with Gasteiger partial charge in [0.25, 0.3) is 5.69 Å². The summed E-state index contributed by atoms with van der Waals surface area (Å²) in [6.07, 6.45) is 6.02. The Bertz CT molecular complexity index is 1060. The van der Waals surface area contributed by atoms with Gasteiger partial charge in [0.15, 0.2) is 0 Å². The standard InChI is InChI=1S/C21H18N2O4/c1-21-13-8-6-12(7-9-13)18(21)19(24)22(20(21)25)16-10-11-17(23(26)27)15-5-3-2-4-14(15)16/h2-6,8,10-13,18H,7,9H2,1H3/t12-,13+,18+,21?/m1/s1. The van der Waals surface area contributed by atoms with Gasteiger partial charge in [-0.3, -0.25) is 19.7 Å². The maximum atomic E-state index is 13.5. The summed E-state index contributed by atoms with van der Waals surface area (Å²) in [5, 5.41) is 12.4. The lowest BCUT2D eigenvalue weighted by Crippen LogP contribution is -2.47. The van der Waals surface area contributed by atoms with Crippen LogP contribution in [0.3, 0.4) is 0 Å². The molecule has 1 unspecified atom stereocenters. The molecule has 27 heavy (non-hydrogen) atoms. The molecule has 2 fully saturated rings. The SMILES string of the molecule is CC12C(=O)N(c3ccc([N+](=O)[O-])c4ccccc34)C(=O)[C@@H]1[C@@H]1C=C[C@H]2CC1. The van der Waals surface area contributed by atoms with E-state index in [9.17, 15) is 19.7 Å². The van der Waals surface area contributed by atoms with Gasteiger partial charge in [0.2, 0.25) is 11.8 Å². The summed E-state index contributed by atoms with van der Waals surface area (Å²) in [7, 11) is 0. The summed E-state index contributed by atoms with van der Waals surface area (Å²) < 4.78 is 0. The molecule has 1 saturated carbocycles. The van der Waals surface area contributed by atoms with Crippen LogP contribution in [0.5, 0.6) is 0 Å². The fourth-order valence-electron chi connectivity index (χ4n) is 5.36. The zero-order valence-corrected chi connectivity index (χ0v) is 14.8. The number of nitro groups is 1. The minimum absolute atomic E-state index is 0.0289. The highest BCUT2D eigenvalue weighted by molar-refractivity contribution is 6.27. The first-order valence-electron chi connectivity index (χ1n) is 9.17. The number of benzene rings is 2. The number of rotatable bonds is 2. The number of imide groups is 1. The van der Waals surface area contributed by atoms with Gasteiger partial charge < -0.3 is 0 Å². The lowest BCUT2D eigenvalue weighted by molar-refractivity contribution is -0.383. The summed E-state index contributed by atoms with van der Waals surface area (Å²) >= 11 is 0. The number of carbonyl (C=O) groups is 2. The van der Waals surface area contributed by atoms with Crippen LogP contribution in [-0.2, 0) is 9.59 Å². The van der Waals surface area contributed by atoms with Crippen LogP contribution in [0, 0.1) is 33.3 Å². The molecule has 0 radical (unpaired) electrons. The molecule has 2 amide bonds. The van der Waals surface area contributed by atoms with Gasteiger partial charge in [0, 0.05) is 11.5 Å². The van der Waals surface area contributed by atoms with Crippen molar-refractivity contribution >= 4 is 34.0 Å². The number of nitro benzene ring substituents is 1. The molecule has 136 valence electrons. The van der Waals surface area contributed by atoms with Gasteiger partial charge in [-0.15, -0.1) is 0 Å². The molecule has 4 atom stereocenters. The van der Waals surface area contributed by atoms with Crippen LogP contribution >= 0.6 is 0 Å². The van der Waals surface area contributed by atoms with Crippen LogP contribution in [0.15, 0.2) is 48.6 Å². The highest BCUT2D eigenvalue weighted by atomic mass is 16.6. The Morgan fingerprint density at radius 1 is 1.07 bits per heavy atom. The lowest BCUT2D eigenvalue weighted by Gasteiger charge is -2.45. The predicted octanol–water partition coefficient (Wildman–Crippen LogP) is 3.84. The van der Waals surface area contributed by atoms with E-state index in [1.165, 1.54) is 17.0 Å². The number of non-ortho nitro benzene ring substituents is 1. The van der Waals surface area contributed by atoms with E-state index in [0.717, 1.165) is 12.8 Å². The molecule has 3 aliphatic carbocycles. The third-order valence-electron chi connectivity index (χ3n) is 6.71. The first-order valence-corrected chi connectivity index (χ1v) is 9.17. The summed E-state index contributed by atoms with van der Waals surface area (Å²) in [5.74, 6) is -0.553. The molecular weight excluding hydrogens is 344 g/mol. The fraction of sp³-hybridized carbons (Fsp3) is 0.333. The summed E-state index contributed by atoms with van der Waals surface area (Å²) in [6.45, 7) is 1.91. The number of fused-ring (bicyclic) bond motifs is 2. The van der Waals surface area contributed by atoms with Gasteiger partial charge in [-0.1, -0.05) is 30.4 Å². The van der Waals surface area contributed by atoms with Crippen molar-refractivity contribution in [2.24, 2.45) is 23.2 Å². The number of hydrogen-bond acceptors (Lipinski definition) is 4. The first kappa shape index (κ1) is 16.2. The smallest absolute Gasteiger partial charge is 0.274 e. The minimum Gasteiger partial charge on any atom is -0.274 e. The summed E-state index contributed by atoms with van der Waals surface area (Å²) in [6, 6.07) is 9.79. The van der Waals surface area contributed by atoms with E-state index in [2.05, 4.69) is 12.2 Å². The van der Waals surface area contributed by atoms with Crippen molar-refractivity contribution in [3.05, 3.63) is 58.7 Å². The molecule has 0 spiro atoms. The maximum absolute atomic E-state index is 13.5. The van der Waals surface area contributed by atoms with Crippen LogP contribution in [-0.4, -0.2) is 16.7 Å². The van der Waals surface area contributed by atoms with Gasteiger partial charge >= 0.3 is 0 Å². The number of carbonyl (C=O) groups excluding carboxylic acids is 2. The first-order chi connectivity index (χ1) is 12.9. The zero-order chi connectivity index (χ0) is 18.9. The molecule has 2 aromatic rings. The number of hydrogen-bond donors (Lipinski definition) is 0. The molecule has 2 bridgehead atoms. The van der Waals surface area contributed by atoms with Crippen molar-refractivity contribution in [3.8, 4) is 0 Å². The van der Waals surface area contributed by atoms with Gasteiger partial charge in [-0.2, -0.15) is 0 Å². The van der Waals surface area contributed by atoms with Crippen LogP contribution < -0.4 is 4.90 Å². The highest BCUT2D eigenvalue weighted by Gasteiger charge is 2.64. The number of anilines is 1. The maximum Gasteiger partial charge on any atom is 0.277 e. The van der Waals surface area contributed by atoms with Crippen molar-refractivity contribution in [1.82, 2.24) is 0 Å². The largest absolute Gasteiger partial charge is 0.277 e. The van der Waals surface area contributed by atoms with Crippen molar-refractivity contribution in [2.75, 3.05) is 4.90 Å². The van der Waals surface area contributed by atoms with Gasteiger partial charge in [0.05, 0.1) is 27.3 Å². The Morgan fingerprint density at radius 3 is 2.44 bits per heavy atom. The molecule has 2 aromatic carbocycles. The van der Waals surface area contributed by atoms with E-state index in [-0.39, 0.29) is 35.3 Å². The predicted molar refractivity (Wildman–Crippen MR) is 100 cm³/mol. The van der Waals surface area contributed by atoms with Crippen LogP contribution in [0.4, 0.5) is 11.4 Å². The van der Waals surface area contributed by atoms with E-state index in [1.807, 2.05) is 6.92 Å². The van der Waals surface area contributed by atoms with E-state index >= 15 is 0 Å². The Morgan fingerprint density at radius 2 is 1.81 bits per heavy atom. The van der Waals surface area contributed by atoms with Gasteiger partial charge in [-0.05, 0) is 43.7 Å². The average Bonchev–Trinajstić information content (AvgIpc) is 2.89. The fourth-order valence-corrected chi connectivity index (χ4v) is 5.36. The number of amides is 2. The van der Waals surface area contributed by atoms with Gasteiger partial charge in [-0.25, -0.2) is 4.90 Å². The molecule has 1 saturated heterocycles. The van der Waals surface area contributed by atoms with E-state index < -0.39 is 10.3 Å². The number of nitrogens with zero attached hydrogens (tertiary/aromatic N) is 2. The third-order valence-corrected chi connectivity index (χ3v) is 6.71. The molecule has 0 aromatic heterocycles. The zero-order valence-electron chi connectivity index (χ0n) is 14.8. The molecule has 0 N–H and O–H groups in total. The molecule has 1 aliphatic heterocycles. The molecule has 6 nitrogen and oxygen atoms in total. The summed E-state index contributed by atoms with van der Waals surface area (Å²) in [4.78, 5) is 39.0. The van der Waals surface area contributed by atoms with E-state index in [4.69, 9.17) is 0 Å². The van der Waals surface area contributed by atoms with Crippen molar-refractivity contribution in [1.29, 1.82) is 0 Å². The Labute approximate surface area is 155 Å². The molecule has 4 aliphatic rings. The molecule has 6 rings (SSSR count). The second-order valence-corrected chi connectivity index (χ2v) is 7.88. The van der Waals surface area contributed by atoms with Gasteiger partial charge in [0.1, 0.15) is 0 Å². The number of allylic oxidation sites excluding steroid dienone is 2. The quantitative estimate of drug-likeness (QED) is 0.352. The van der Waals surface area contributed by atoms with Crippen LogP contribution in [0.2, 0.25) is 0 Å². The Hall–Kier alpha value is -3.02. The summed E-state index contributed by atoms with van der Waals surface area (Å²) in [5.41, 5.74) is -0.308. The van der Waals surface area contributed by atoms with Crippen LogP contribution in [0.25, 0.3) is 10.8 Å². The molecule has 1 heterocycles. The minimum atomic E-state index is -0.725. The molecule has 6 heteroatoms. The van der Waals surface area contributed by atoms with E-state index in [0.29, 0.717) is 16.5 Å². The normalized spacial score (nSPS) is 31.6. The van der Waals surface area contributed by atoms with Crippen molar-refractivity contribution in [3.63, 3.8) is 0 Å². The van der Waals surface area contributed by atoms with Crippen LogP contribution in [0.1, 0.15) is 19.8 Å². The molecular formula is C21H18N2O4. The highest BCUT2D eigenvalue weighted by Crippen LogP contribution is 2.58. The Kier molecular flexibility index (Phi) is 3.15. The van der Waals surface area contributed by atoms with E-state index in [1.54, 1.807) is 24.3 Å². The third kappa shape index (κ3) is 1.90. The second-order valence-electron chi connectivity index (χ2n) is 7.88. The Balaban J connectivity index is 1.71. The lowest BCUT2D eigenvalue weighted by atomic mass is 9.55.